The summed E-state index contributed by atoms with van der Waals surface area (Å²) in [5, 5.41) is 0. The molecule has 3 rings (SSSR count). The second kappa shape index (κ2) is 4.66. The quantitative estimate of drug-likeness (QED) is 0.707. The normalized spacial score (nSPS) is 40.7. The molecule has 0 aliphatic carbocycles. The summed E-state index contributed by atoms with van der Waals surface area (Å²) in [7, 11) is 0. The van der Waals surface area contributed by atoms with E-state index in [1.54, 1.807) is 0 Å². The Balaban J connectivity index is 1.68. The van der Waals surface area contributed by atoms with Gasteiger partial charge in [-0.1, -0.05) is 13.3 Å². The van der Waals surface area contributed by atoms with Crippen LogP contribution in [0.3, 0.4) is 0 Å². The minimum absolute atomic E-state index is 0.949. The summed E-state index contributed by atoms with van der Waals surface area (Å²) in [6, 6.07) is 0.949. The molecule has 2 heteroatoms. The smallest absolute Gasteiger partial charge is 0.0136 e. The second-order valence-electron chi connectivity index (χ2n) is 6.18. The molecule has 3 atom stereocenters. The van der Waals surface area contributed by atoms with E-state index in [9.17, 15) is 0 Å². The highest BCUT2D eigenvalue weighted by Gasteiger charge is 2.41. The molecule has 92 valence electrons. The standard InChI is InChI=1S/C14H26N2/c1-2-6-15-9-12-8-13(11-15)14-5-3-4-7-16(14)10-12/h12-14H,2-11H2,1H3/t12-,13+,14+/m1/s1. The lowest BCUT2D eigenvalue weighted by Gasteiger charge is -2.52. The van der Waals surface area contributed by atoms with Crippen LogP contribution in [0.4, 0.5) is 0 Å². The Morgan fingerprint density at radius 2 is 2.06 bits per heavy atom. The number of hydrogen-bond acceptors (Lipinski definition) is 2. The van der Waals surface area contributed by atoms with Crippen LogP contribution in [-0.4, -0.2) is 48.6 Å². The zero-order valence-electron chi connectivity index (χ0n) is 10.7. The van der Waals surface area contributed by atoms with Crippen LogP contribution in [0.1, 0.15) is 39.0 Å². The zero-order chi connectivity index (χ0) is 11.0. The van der Waals surface area contributed by atoms with Crippen LogP contribution in [0.5, 0.6) is 0 Å². The third-order valence-corrected chi connectivity index (χ3v) is 4.89. The van der Waals surface area contributed by atoms with E-state index in [1.807, 2.05) is 0 Å². The predicted octanol–water partition coefficient (Wildman–Crippen LogP) is 2.20. The molecule has 2 bridgehead atoms. The molecule has 0 amide bonds. The van der Waals surface area contributed by atoms with E-state index in [-0.39, 0.29) is 0 Å². The molecule has 3 fully saturated rings. The van der Waals surface area contributed by atoms with Crippen molar-refractivity contribution in [2.75, 3.05) is 32.7 Å². The molecule has 3 aliphatic heterocycles. The molecule has 16 heavy (non-hydrogen) atoms. The van der Waals surface area contributed by atoms with Crippen LogP contribution in [0.15, 0.2) is 0 Å². The predicted molar refractivity (Wildman–Crippen MR) is 67.5 cm³/mol. The van der Waals surface area contributed by atoms with Gasteiger partial charge in [-0.25, -0.2) is 0 Å². The maximum Gasteiger partial charge on any atom is 0.0136 e. The lowest BCUT2D eigenvalue weighted by atomic mass is 9.76. The molecule has 0 radical (unpaired) electrons. The fourth-order valence-electron chi connectivity index (χ4n) is 4.37. The summed E-state index contributed by atoms with van der Waals surface area (Å²) in [5.41, 5.74) is 0. The third kappa shape index (κ3) is 2.02. The van der Waals surface area contributed by atoms with Crippen LogP contribution < -0.4 is 0 Å². The Morgan fingerprint density at radius 1 is 1.12 bits per heavy atom. The molecule has 0 aromatic heterocycles. The van der Waals surface area contributed by atoms with Crippen LogP contribution in [-0.2, 0) is 0 Å². The van der Waals surface area contributed by atoms with Crippen molar-refractivity contribution in [3.63, 3.8) is 0 Å². The first-order valence-corrected chi connectivity index (χ1v) is 7.33. The molecule has 3 aliphatic rings. The summed E-state index contributed by atoms with van der Waals surface area (Å²) in [6.07, 6.45) is 7.28. The van der Waals surface area contributed by atoms with Crippen LogP contribution in [0.2, 0.25) is 0 Å². The van der Waals surface area contributed by atoms with Crippen LogP contribution in [0.25, 0.3) is 0 Å². The molecule has 0 aromatic rings. The van der Waals surface area contributed by atoms with Crippen molar-refractivity contribution in [2.45, 2.75) is 45.1 Å². The molecule has 0 saturated carbocycles. The van der Waals surface area contributed by atoms with E-state index in [4.69, 9.17) is 0 Å². The maximum atomic E-state index is 2.83. The second-order valence-corrected chi connectivity index (χ2v) is 6.18. The monoisotopic (exact) mass is 222 g/mol. The van der Waals surface area contributed by atoms with Gasteiger partial charge in [0.25, 0.3) is 0 Å². The highest BCUT2D eigenvalue weighted by atomic mass is 15.2. The first-order valence-electron chi connectivity index (χ1n) is 7.33. The van der Waals surface area contributed by atoms with Gasteiger partial charge in [-0.3, -0.25) is 4.90 Å². The van der Waals surface area contributed by atoms with E-state index < -0.39 is 0 Å². The first kappa shape index (κ1) is 11.0. The van der Waals surface area contributed by atoms with Gasteiger partial charge in [-0.2, -0.15) is 0 Å². The minimum atomic E-state index is 0.949. The van der Waals surface area contributed by atoms with Gasteiger partial charge in [0.05, 0.1) is 0 Å². The summed E-state index contributed by atoms with van der Waals surface area (Å²) >= 11 is 0. The number of nitrogens with zero attached hydrogens (tertiary/aromatic N) is 2. The average molecular weight is 222 g/mol. The third-order valence-electron chi connectivity index (χ3n) is 4.89. The van der Waals surface area contributed by atoms with Crippen LogP contribution >= 0.6 is 0 Å². The van der Waals surface area contributed by atoms with Crippen LogP contribution in [0, 0.1) is 11.8 Å². The van der Waals surface area contributed by atoms with Crippen molar-refractivity contribution in [2.24, 2.45) is 11.8 Å². The fourth-order valence-corrected chi connectivity index (χ4v) is 4.37. The lowest BCUT2D eigenvalue weighted by Crippen LogP contribution is -2.58. The van der Waals surface area contributed by atoms with Gasteiger partial charge in [-0.15, -0.1) is 0 Å². The lowest BCUT2D eigenvalue weighted by molar-refractivity contribution is -0.0300. The Labute approximate surface area is 100.0 Å². The van der Waals surface area contributed by atoms with Crippen molar-refractivity contribution in [3.8, 4) is 0 Å². The largest absolute Gasteiger partial charge is 0.303 e. The molecule has 3 saturated heterocycles. The Morgan fingerprint density at radius 3 is 2.94 bits per heavy atom. The van der Waals surface area contributed by atoms with Gasteiger partial charge in [-0.05, 0) is 50.6 Å². The van der Waals surface area contributed by atoms with Gasteiger partial charge in [0, 0.05) is 25.7 Å². The summed E-state index contributed by atoms with van der Waals surface area (Å²) < 4.78 is 0. The summed E-state index contributed by atoms with van der Waals surface area (Å²) in [6.45, 7) is 9.23. The number of likely N-dealkylation sites (tertiary alicyclic amines) is 1. The summed E-state index contributed by atoms with van der Waals surface area (Å²) in [5.74, 6) is 1.99. The van der Waals surface area contributed by atoms with Gasteiger partial charge in [0.1, 0.15) is 0 Å². The number of piperidine rings is 3. The van der Waals surface area contributed by atoms with Gasteiger partial charge in [0.2, 0.25) is 0 Å². The van der Waals surface area contributed by atoms with Gasteiger partial charge in [0.15, 0.2) is 0 Å². The SMILES string of the molecule is CCCN1C[C@H]2C[C@@H](C1)[C@@H]1CCCCN1C2. The van der Waals surface area contributed by atoms with Crippen molar-refractivity contribution in [1.29, 1.82) is 0 Å². The number of hydrogen-bond donors (Lipinski definition) is 0. The molecular weight excluding hydrogens is 196 g/mol. The van der Waals surface area contributed by atoms with E-state index in [1.165, 1.54) is 64.8 Å². The number of fused-ring (bicyclic) bond motifs is 4. The van der Waals surface area contributed by atoms with Crippen molar-refractivity contribution in [3.05, 3.63) is 0 Å². The van der Waals surface area contributed by atoms with E-state index in [2.05, 4.69) is 16.7 Å². The zero-order valence-corrected chi connectivity index (χ0v) is 10.7. The highest BCUT2D eigenvalue weighted by Crippen LogP contribution is 2.37. The molecule has 0 unspecified atom stereocenters. The topological polar surface area (TPSA) is 6.48 Å². The Kier molecular flexibility index (Phi) is 3.21. The number of rotatable bonds is 2. The van der Waals surface area contributed by atoms with Gasteiger partial charge >= 0.3 is 0 Å². The van der Waals surface area contributed by atoms with E-state index in [0.29, 0.717) is 0 Å². The van der Waals surface area contributed by atoms with Crippen molar-refractivity contribution in [1.82, 2.24) is 9.80 Å². The maximum absolute atomic E-state index is 2.83. The molecule has 0 spiro atoms. The minimum Gasteiger partial charge on any atom is -0.303 e. The van der Waals surface area contributed by atoms with E-state index >= 15 is 0 Å². The van der Waals surface area contributed by atoms with Crippen molar-refractivity contribution >= 4 is 0 Å². The Bertz CT molecular complexity index is 239. The average Bonchev–Trinajstić information content (AvgIpc) is 2.29. The Hall–Kier alpha value is -0.0800. The van der Waals surface area contributed by atoms with Gasteiger partial charge < -0.3 is 4.90 Å². The fraction of sp³-hybridized carbons (Fsp3) is 1.00. The molecule has 3 heterocycles. The van der Waals surface area contributed by atoms with E-state index in [0.717, 1.165) is 17.9 Å². The molecule has 0 N–H and O–H groups in total. The molecule has 2 nitrogen and oxygen atoms in total. The summed E-state index contributed by atoms with van der Waals surface area (Å²) in [4.78, 5) is 5.57. The highest BCUT2D eigenvalue weighted by molar-refractivity contribution is 4.95. The first-order chi connectivity index (χ1) is 7.86. The molecular formula is C14H26N2. The molecule has 0 aromatic carbocycles. The van der Waals surface area contributed by atoms with Crippen molar-refractivity contribution < 1.29 is 0 Å².